The largest absolute Gasteiger partial charge is 0.464 e. The molecule has 6 rings (SSSR count). The molecule has 0 aliphatic rings. The molecule has 0 saturated heterocycles. The number of benzene rings is 3. The highest BCUT2D eigenvalue weighted by atomic mass is 16.3. The van der Waals surface area contributed by atoms with Gasteiger partial charge in [-0.15, -0.1) is 0 Å². The van der Waals surface area contributed by atoms with Gasteiger partial charge in [0.05, 0.1) is 28.5 Å². The van der Waals surface area contributed by atoms with E-state index in [1.54, 1.807) is 19.4 Å². The van der Waals surface area contributed by atoms with Gasteiger partial charge in [-0.3, -0.25) is 4.99 Å². The molecule has 0 amide bonds. The van der Waals surface area contributed by atoms with Crippen molar-refractivity contribution >= 4 is 60.9 Å². The van der Waals surface area contributed by atoms with Crippen molar-refractivity contribution in [3.8, 4) is 0 Å². The first-order valence-electron chi connectivity index (χ1n) is 9.61. The van der Waals surface area contributed by atoms with Crippen LogP contribution >= 0.6 is 0 Å². The van der Waals surface area contributed by atoms with Crippen LogP contribution in [-0.2, 0) is 0 Å². The lowest BCUT2D eigenvalue weighted by Gasteiger charge is -2.03. The van der Waals surface area contributed by atoms with E-state index in [-0.39, 0.29) is 0 Å². The summed E-state index contributed by atoms with van der Waals surface area (Å²) in [5.74, 6) is 0. The summed E-state index contributed by atoms with van der Waals surface area (Å²) in [6.07, 6.45) is 5.46. The first-order chi connectivity index (χ1) is 14.3. The van der Waals surface area contributed by atoms with Gasteiger partial charge in [-0.25, -0.2) is 0 Å². The molecule has 0 radical (unpaired) electrons. The molecule has 0 bridgehead atoms. The van der Waals surface area contributed by atoms with Crippen LogP contribution in [0.25, 0.3) is 55.1 Å². The van der Waals surface area contributed by atoms with Crippen LogP contribution in [0, 0.1) is 0 Å². The van der Waals surface area contributed by atoms with E-state index in [1.165, 1.54) is 38.1 Å². The molecule has 138 valence electrons. The molecule has 3 aromatic carbocycles. The van der Waals surface area contributed by atoms with Gasteiger partial charge in [0.25, 0.3) is 0 Å². The minimum atomic E-state index is 0.891. The maximum absolute atomic E-state index is 5.79. The summed E-state index contributed by atoms with van der Waals surface area (Å²) in [4.78, 5) is 4.36. The number of hydrogen-bond donors (Lipinski definition) is 0. The van der Waals surface area contributed by atoms with E-state index in [9.17, 15) is 0 Å². The van der Waals surface area contributed by atoms with Gasteiger partial charge in [-0.05, 0) is 30.3 Å². The Balaban J connectivity index is 1.87. The standard InChI is InChI=1S/C26H18N2O/c1-4-15-14-29-23-12-11-22-25(24(15)23)18-8-6-7-17-19-13-16(20(5-2)27-3)9-10-21(19)28(22)26(17)18/h4-14H,1-2H2,3H3. The van der Waals surface area contributed by atoms with E-state index >= 15 is 0 Å². The molecule has 0 aliphatic heterocycles. The Morgan fingerprint density at radius 3 is 2.59 bits per heavy atom. The van der Waals surface area contributed by atoms with Crippen molar-refractivity contribution in [3.05, 3.63) is 85.2 Å². The fraction of sp³-hybridized carbons (Fsp3) is 0.0385. The lowest BCUT2D eigenvalue weighted by atomic mass is 10.0. The topological polar surface area (TPSA) is 29.9 Å². The summed E-state index contributed by atoms with van der Waals surface area (Å²) in [6.45, 7) is 7.87. The predicted molar refractivity (Wildman–Crippen MR) is 124 cm³/mol. The Labute approximate surface area is 167 Å². The van der Waals surface area contributed by atoms with Gasteiger partial charge in [0.1, 0.15) is 5.58 Å². The van der Waals surface area contributed by atoms with Crippen LogP contribution in [0.1, 0.15) is 11.1 Å². The fourth-order valence-electron chi connectivity index (χ4n) is 4.77. The van der Waals surface area contributed by atoms with E-state index in [0.717, 1.165) is 27.8 Å². The third-order valence-electron chi connectivity index (χ3n) is 5.99. The van der Waals surface area contributed by atoms with Crippen LogP contribution in [0.4, 0.5) is 0 Å². The van der Waals surface area contributed by atoms with Crippen LogP contribution in [-0.4, -0.2) is 17.2 Å². The monoisotopic (exact) mass is 374 g/mol. The zero-order chi connectivity index (χ0) is 19.7. The number of aromatic nitrogens is 1. The molecular weight excluding hydrogens is 356 g/mol. The van der Waals surface area contributed by atoms with Crippen molar-refractivity contribution in [2.45, 2.75) is 0 Å². The number of hydrogen-bond acceptors (Lipinski definition) is 2. The van der Waals surface area contributed by atoms with Gasteiger partial charge in [0, 0.05) is 45.1 Å². The van der Waals surface area contributed by atoms with Crippen molar-refractivity contribution in [2.75, 3.05) is 7.05 Å². The average Bonchev–Trinajstić information content (AvgIpc) is 3.42. The molecule has 0 atom stereocenters. The van der Waals surface area contributed by atoms with Crippen molar-refractivity contribution in [3.63, 3.8) is 0 Å². The quantitative estimate of drug-likeness (QED) is 0.312. The highest BCUT2D eigenvalue weighted by Gasteiger charge is 2.20. The number of fused-ring (bicyclic) bond motifs is 8. The average molecular weight is 374 g/mol. The van der Waals surface area contributed by atoms with E-state index in [1.807, 2.05) is 6.08 Å². The summed E-state index contributed by atoms with van der Waals surface area (Å²) in [5, 5.41) is 6.06. The number of allylic oxidation sites excluding steroid dienone is 1. The van der Waals surface area contributed by atoms with Crippen molar-refractivity contribution in [1.29, 1.82) is 0 Å². The van der Waals surface area contributed by atoms with Gasteiger partial charge in [0.15, 0.2) is 0 Å². The lowest BCUT2D eigenvalue weighted by molar-refractivity contribution is 0.615. The van der Waals surface area contributed by atoms with E-state index in [4.69, 9.17) is 4.42 Å². The molecule has 0 fully saturated rings. The smallest absolute Gasteiger partial charge is 0.135 e. The molecule has 29 heavy (non-hydrogen) atoms. The predicted octanol–water partition coefficient (Wildman–Crippen LogP) is 6.83. The molecule has 3 nitrogen and oxygen atoms in total. The van der Waals surface area contributed by atoms with Gasteiger partial charge in [0.2, 0.25) is 0 Å². The highest BCUT2D eigenvalue weighted by Crippen LogP contribution is 2.43. The van der Waals surface area contributed by atoms with Crippen LogP contribution < -0.4 is 0 Å². The Hall–Kier alpha value is -3.85. The Morgan fingerprint density at radius 1 is 0.966 bits per heavy atom. The molecule has 3 heteroatoms. The summed E-state index contributed by atoms with van der Waals surface area (Å²) >= 11 is 0. The Bertz CT molecular complexity index is 1640. The third kappa shape index (κ3) is 1.89. The number of nitrogens with zero attached hydrogens (tertiary/aromatic N) is 2. The fourth-order valence-corrected chi connectivity index (χ4v) is 4.77. The molecular formula is C26H18N2O. The van der Waals surface area contributed by atoms with Crippen molar-refractivity contribution in [1.82, 2.24) is 4.40 Å². The van der Waals surface area contributed by atoms with Gasteiger partial charge < -0.3 is 8.82 Å². The molecule has 0 unspecified atom stereocenters. The zero-order valence-electron chi connectivity index (χ0n) is 16.1. The molecule has 6 aromatic rings. The minimum absolute atomic E-state index is 0.891. The van der Waals surface area contributed by atoms with Gasteiger partial charge >= 0.3 is 0 Å². The number of para-hydroxylation sites is 1. The molecule has 0 saturated carbocycles. The second-order valence-electron chi connectivity index (χ2n) is 7.31. The molecule has 0 spiro atoms. The van der Waals surface area contributed by atoms with E-state index in [2.05, 4.69) is 71.1 Å². The summed E-state index contributed by atoms with van der Waals surface area (Å²) in [5.41, 5.74) is 7.52. The Morgan fingerprint density at radius 2 is 1.79 bits per heavy atom. The number of aliphatic imine (C=N–C) groups is 1. The van der Waals surface area contributed by atoms with Crippen LogP contribution in [0.2, 0.25) is 0 Å². The second-order valence-corrected chi connectivity index (χ2v) is 7.31. The summed E-state index contributed by atoms with van der Waals surface area (Å²) < 4.78 is 8.16. The summed E-state index contributed by atoms with van der Waals surface area (Å²) in [7, 11) is 1.80. The molecule has 0 aliphatic carbocycles. The molecule has 3 aromatic heterocycles. The second kappa shape index (κ2) is 5.58. The SMILES string of the molecule is C=CC(=NC)c1ccc2c(c1)c1cccc3c4c5c(C=C)coc5ccc4n2c13. The summed E-state index contributed by atoms with van der Waals surface area (Å²) in [6, 6.07) is 17.3. The first kappa shape index (κ1) is 16.1. The normalized spacial score (nSPS) is 12.8. The van der Waals surface area contributed by atoms with Gasteiger partial charge in [-0.1, -0.05) is 43.5 Å². The first-order valence-corrected chi connectivity index (χ1v) is 9.61. The van der Waals surface area contributed by atoms with Gasteiger partial charge in [-0.2, -0.15) is 0 Å². The van der Waals surface area contributed by atoms with Crippen molar-refractivity contribution < 1.29 is 4.42 Å². The van der Waals surface area contributed by atoms with Crippen LogP contribution in [0.5, 0.6) is 0 Å². The third-order valence-corrected chi connectivity index (χ3v) is 5.99. The minimum Gasteiger partial charge on any atom is -0.464 e. The maximum Gasteiger partial charge on any atom is 0.135 e. The molecule has 0 N–H and O–H groups in total. The van der Waals surface area contributed by atoms with Crippen LogP contribution in [0.15, 0.2) is 83.4 Å². The molecule has 3 heterocycles. The number of rotatable bonds is 3. The highest BCUT2D eigenvalue weighted by molar-refractivity contribution is 6.29. The zero-order valence-corrected chi connectivity index (χ0v) is 16.1. The Kier molecular flexibility index (Phi) is 3.11. The van der Waals surface area contributed by atoms with E-state index < -0.39 is 0 Å². The number of furan rings is 1. The maximum atomic E-state index is 5.79. The van der Waals surface area contributed by atoms with E-state index in [0.29, 0.717) is 0 Å². The van der Waals surface area contributed by atoms with Crippen LogP contribution in [0.3, 0.4) is 0 Å². The lowest BCUT2D eigenvalue weighted by Crippen LogP contribution is -1.95. The van der Waals surface area contributed by atoms with Crippen molar-refractivity contribution in [2.24, 2.45) is 4.99 Å².